The normalized spacial score (nSPS) is 19.7. The van der Waals surface area contributed by atoms with Crippen LogP contribution in [0.5, 0.6) is 5.75 Å². The number of ether oxygens (including phenoxy) is 1. The fourth-order valence-electron chi connectivity index (χ4n) is 3.06. The first-order chi connectivity index (χ1) is 10.3. The van der Waals surface area contributed by atoms with Crippen LogP contribution in [-0.2, 0) is 5.41 Å². The number of methoxy groups -OCH3 is 1. The SMILES string of the molecule is COc1ccc(C(O)C(C)N2CCNCC2)cc1C(C)(C)C. The Morgan fingerprint density at radius 3 is 2.41 bits per heavy atom. The average molecular weight is 306 g/mol. The third-order valence-electron chi connectivity index (χ3n) is 4.56. The number of nitrogens with zero attached hydrogens (tertiary/aromatic N) is 1. The standard InChI is InChI=1S/C18H30N2O2/c1-13(20-10-8-19-9-11-20)17(21)14-6-7-16(22-5)15(12-14)18(2,3)4/h6-7,12-13,17,19,21H,8-11H2,1-5H3. The Balaban J connectivity index is 2.23. The molecule has 22 heavy (non-hydrogen) atoms. The summed E-state index contributed by atoms with van der Waals surface area (Å²) in [5, 5.41) is 14.1. The molecule has 1 aromatic carbocycles. The molecule has 0 saturated carbocycles. The number of aliphatic hydroxyl groups is 1. The van der Waals surface area contributed by atoms with Gasteiger partial charge in [0.25, 0.3) is 0 Å². The molecular weight excluding hydrogens is 276 g/mol. The predicted molar refractivity (Wildman–Crippen MR) is 90.6 cm³/mol. The summed E-state index contributed by atoms with van der Waals surface area (Å²) in [6.07, 6.45) is -0.481. The number of benzene rings is 1. The van der Waals surface area contributed by atoms with Gasteiger partial charge >= 0.3 is 0 Å². The van der Waals surface area contributed by atoms with Gasteiger partial charge in [-0.25, -0.2) is 0 Å². The average Bonchev–Trinajstić information content (AvgIpc) is 2.52. The number of nitrogens with one attached hydrogen (secondary N) is 1. The van der Waals surface area contributed by atoms with E-state index < -0.39 is 6.10 Å². The van der Waals surface area contributed by atoms with Crippen LogP contribution in [0.25, 0.3) is 0 Å². The van der Waals surface area contributed by atoms with Crippen LogP contribution in [0.1, 0.15) is 44.9 Å². The van der Waals surface area contributed by atoms with Crippen LogP contribution in [0.4, 0.5) is 0 Å². The summed E-state index contributed by atoms with van der Waals surface area (Å²) in [4.78, 5) is 2.35. The van der Waals surface area contributed by atoms with Crippen molar-refractivity contribution in [1.29, 1.82) is 0 Å². The minimum absolute atomic E-state index is 0.0145. The molecule has 2 N–H and O–H groups in total. The lowest BCUT2D eigenvalue weighted by molar-refractivity contribution is 0.0509. The molecule has 4 heteroatoms. The molecule has 2 rings (SSSR count). The molecule has 0 aliphatic carbocycles. The van der Waals surface area contributed by atoms with Crippen molar-refractivity contribution in [3.05, 3.63) is 29.3 Å². The fraction of sp³-hybridized carbons (Fsp3) is 0.667. The molecule has 1 saturated heterocycles. The maximum Gasteiger partial charge on any atom is 0.122 e. The van der Waals surface area contributed by atoms with Crippen molar-refractivity contribution in [2.75, 3.05) is 33.3 Å². The highest BCUT2D eigenvalue weighted by Gasteiger charge is 2.26. The van der Waals surface area contributed by atoms with Crippen LogP contribution in [-0.4, -0.2) is 49.3 Å². The van der Waals surface area contributed by atoms with Gasteiger partial charge in [0.1, 0.15) is 5.75 Å². The summed E-state index contributed by atoms with van der Waals surface area (Å²) in [6.45, 7) is 12.6. The van der Waals surface area contributed by atoms with Gasteiger partial charge in [-0.3, -0.25) is 4.90 Å². The zero-order valence-corrected chi connectivity index (χ0v) is 14.5. The van der Waals surface area contributed by atoms with Crippen LogP contribution in [0, 0.1) is 0 Å². The molecule has 0 bridgehead atoms. The molecule has 2 unspecified atom stereocenters. The molecule has 0 radical (unpaired) electrons. The second-order valence-electron chi connectivity index (χ2n) is 7.18. The van der Waals surface area contributed by atoms with E-state index in [1.807, 2.05) is 12.1 Å². The summed E-state index contributed by atoms with van der Waals surface area (Å²) in [5.74, 6) is 0.887. The van der Waals surface area contributed by atoms with Gasteiger partial charge < -0.3 is 15.2 Å². The minimum Gasteiger partial charge on any atom is -0.496 e. The van der Waals surface area contributed by atoms with Crippen molar-refractivity contribution in [2.24, 2.45) is 0 Å². The molecular formula is C18H30N2O2. The van der Waals surface area contributed by atoms with Crippen LogP contribution < -0.4 is 10.1 Å². The van der Waals surface area contributed by atoms with E-state index in [0.29, 0.717) is 0 Å². The largest absolute Gasteiger partial charge is 0.496 e. The van der Waals surface area contributed by atoms with Crippen molar-refractivity contribution in [3.63, 3.8) is 0 Å². The summed E-state index contributed by atoms with van der Waals surface area (Å²) in [7, 11) is 1.70. The molecule has 2 atom stereocenters. The third kappa shape index (κ3) is 3.80. The Morgan fingerprint density at radius 2 is 1.86 bits per heavy atom. The van der Waals surface area contributed by atoms with E-state index in [1.165, 1.54) is 0 Å². The van der Waals surface area contributed by atoms with E-state index >= 15 is 0 Å². The first kappa shape index (κ1) is 17.3. The van der Waals surface area contributed by atoms with Gasteiger partial charge in [0, 0.05) is 32.2 Å². The van der Waals surface area contributed by atoms with Gasteiger partial charge in [-0.05, 0) is 35.6 Å². The zero-order valence-electron chi connectivity index (χ0n) is 14.5. The molecule has 4 nitrogen and oxygen atoms in total. The second-order valence-corrected chi connectivity index (χ2v) is 7.18. The Hall–Kier alpha value is -1.10. The topological polar surface area (TPSA) is 44.7 Å². The molecule has 0 aromatic heterocycles. The highest BCUT2D eigenvalue weighted by molar-refractivity contribution is 5.42. The highest BCUT2D eigenvalue weighted by atomic mass is 16.5. The maximum absolute atomic E-state index is 10.8. The summed E-state index contributed by atoms with van der Waals surface area (Å²) < 4.78 is 5.48. The first-order valence-electron chi connectivity index (χ1n) is 8.16. The van der Waals surface area contributed by atoms with Crippen LogP contribution >= 0.6 is 0 Å². The number of piperazine rings is 1. The van der Waals surface area contributed by atoms with Gasteiger partial charge in [0.05, 0.1) is 13.2 Å². The van der Waals surface area contributed by atoms with E-state index in [2.05, 4.69) is 44.0 Å². The van der Waals surface area contributed by atoms with Crippen molar-refractivity contribution in [1.82, 2.24) is 10.2 Å². The lowest BCUT2D eigenvalue weighted by Crippen LogP contribution is -2.49. The lowest BCUT2D eigenvalue weighted by Gasteiger charge is -2.36. The Bertz CT molecular complexity index is 490. The molecule has 1 aliphatic rings. The van der Waals surface area contributed by atoms with Crippen molar-refractivity contribution < 1.29 is 9.84 Å². The van der Waals surface area contributed by atoms with Gasteiger partial charge in [0.15, 0.2) is 0 Å². The Kier molecular flexibility index (Phi) is 5.48. The number of hydrogen-bond acceptors (Lipinski definition) is 4. The van der Waals surface area contributed by atoms with E-state index in [4.69, 9.17) is 4.74 Å². The number of rotatable bonds is 4. The quantitative estimate of drug-likeness (QED) is 0.896. The molecule has 1 aromatic rings. The number of hydrogen-bond donors (Lipinski definition) is 2. The molecule has 0 amide bonds. The van der Waals surface area contributed by atoms with Crippen molar-refractivity contribution >= 4 is 0 Å². The summed E-state index contributed by atoms with van der Waals surface area (Å²) in [6, 6.07) is 6.17. The molecule has 124 valence electrons. The van der Waals surface area contributed by atoms with Gasteiger partial charge in [-0.1, -0.05) is 26.8 Å². The molecule has 1 fully saturated rings. The van der Waals surface area contributed by atoms with Crippen molar-refractivity contribution in [2.45, 2.75) is 45.3 Å². The fourth-order valence-corrected chi connectivity index (χ4v) is 3.06. The molecule has 0 spiro atoms. The first-order valence-corrected chi connectivity index (χ1v) is 8.16. The van der Waals surface area contributed by atoms with E-state index in [1.54, 1.807) is 7.11 Å². The lowest BCUT2D eigenvalue weighted by atomic mass is 9.84. The van der Waals surface area contributed by atoms with E-state index in [-0.39, 0.29) is 11.5 Å². The summed E-state index contributed by atoms with van der Waals surface area (Å²) in [5.41, 5.74) is 2.09. The zero-order chi connectivity index (χ0) is 16.3. The van der Waals surface area contributed by atoms with Crippen LogP contribution in [0.15, 0.2) is 18.2 Å². The Labute approximate surface area is 134 Å². The second kappa shape index (κ2) is 6.99. The maximum atomic E-state index is 10.8. The summed E-state index contributed by atoms with van der Waals surface area (Å²) >= 11 is 0. The van der Waals surface area contributed by atoms with Crippen LogP contribution in [0.2, 0.25) is 0 Å². The minimum atomic E-state index is -0.481. The monoisotopic (exact) mass is 306 g/mol. The predicted octanol–water partition coefficient (Wildman–Crippen LogP) is 2.32. The third-order valence-corrected chi connectivity index (χ3v) is 4.56. The Morgan fingerprint density at radius 1 is 1.23 bits per heavy atom. The highest BCUT2D eigenvalue weighted by Crippen LogP contribution is 2.34. The molecule has 1 aliphatic heterocycles. The van der Waals surface area contributed by atoms with Gasteiger partial charge in [-0.2, -0.15) is 0 Å². The van der Waals surface area contributed by atoms with E-state index in [0.717, 1.165) is 43.1 Å². The van der Waals surface area contributed by atoms with Gasteiger partial charge in [-0.15, -0.1) is 0 Å². The van der Waals surface area contributed by atoms with Crippen molar-refractivity contribution in [3.8, 4) is 5.75 Å². The van der Waals surface area contributed by atoms with Crippen LogP contribution in [0.3, 0.4) is 0 Å². The number of aliphatic hydroxyl groups excluding tert-OH is 1. The van der Waals surface area contributed by atoms with E-state index in [9.17, 15) is 5.11 Å². The smallest absolute Gasteiger partial charge is 0.122 e. The molecule has 1 heterocycles. The van der Waals surface area contributed by atoms with Gasteiger partial charge in [0.2, 0.25) is 0 Å².